The maximum Gasteiger partial charge on any atom is 0.164 e. The standard InChI is InChI=1S/C11H16BrNO2/c1-6-10(7(2)13)8(12)5-9(14-3)11(6)15-4/h5,7H,13H2,1-4H3. The fourth-order valence-electron chi connectivity index (χ4n) is 1.71. The van der Waals surface area contributed by atoms with E-state index in [4.69, 9.17) is 15.2 Å². The molecule has 3 nitrogen and oxygen atoms in total. The summed E-state index contributed by atoms with van der Waals surface area (Å²) in [4.78, 5) is 0. The Kier molecular flexibility index (Phi) is 3.99. The SMILES string of the molecule is COc1cc(Br)c(C(C)N)c(C)c1OC. The van der Waals surface area contributed by atoms with Crippen molar-refractivity contribution in [2.45, 2.75) is 19.9 Å². The van der Waals surface area contributed by atoms with E-state index in [1.165, 1.54) is 0 Å². The average molecular weight is 274 g/mol. The van der Waals surface area contributed by atoms with Crippen LogP contribution in [0.4, 0.5) is 0 Å². The highest BCUT2D eigenvalue weighted by Crippen LogP contribution is 2.39. The van der Waals surface area contributed by atoms with Crippen molar-refractivity contribution < 1.29 is 9.47 Å². The maximum absolute atomic E-state index is 5.90. The summed E-state index contributed by atoms with van der Waals surface area (Å²) in [6, 6.07) is 1.84. The average Bonchev–Trinajstić information content (AvgIpc) is 2.16. The Labute approximate surface area is 98.7 Å². The topological polar surface area (TPSA) is 44.5 Å². The second kappa shape index (κ2) is 4.86. The zero-order chi connectivity index (χ0) is 11.6. The van der Waals surface area contributed by atoms with E-state index in [9.17, 15) is 0 Å². The number of ether oxygens (including phenoxy) is 2. The molecule has 0 aliphatic heterocycles. The highest BCUT2D eigenvalue weighted by molar-refractivity contribution is 9.10. The molecule has 15 heavy (non-hydrogen) atoms. The van der Waals surface area contributed by atoms with Gasteiger partial charge >= 0.3 is 0 Å². The van der Waals surface area contributed by atoms with Crippen LogP contribution in [0.3, 0.4) is 0 Å². The van der Waals surface area contributed by atoms with Crippen molar-refractivity contribution in [1.29, 1.82) is 0 Å². The van der Waals surface area contributed by atoms with E-state index in [2.05, 4.69) is 15.9 Å². The predicted octanol–water partition coefficient (Wildman–Crippen LogP) is 2.79. The van der Waals surface area contributed by atoms with Crippen molar-refractivity contribution in [3.05, 3.63) is 21.7 Å². The Hall–Kier alpha value is -0.740. The molecule has 0 amide bonds. The molecule has 0 radical (unpaired) electrons. The molecule has 1 rings (SSSR count). The van der Waals surface area contributed by atoms with Gasteiger partial charge in [-0.15, -0.1) is 0 Å². The summed E-state index contributed by atoms with van der Waals surface area (Å²) in [5.41, 5.74) is 7.97. The number of hydrogen-bond donors (Lipinski definition) is 1. The van der Waals surface area contributed by atoms with Crippen LogP contribution < -0.4 is 15.2 Å². The summed E-state index contributed by atoms with van der Waals surface area (Å²) >= 11 is 3.49. The highest BCUT2D eigenvalue weighted by Gasteiger charge is 2.17. The van der Waals surface area contributed by atoms with Gasteiger partial charge in [-0.05, 0) is 25.5 Å². The lowest BCUT2D eigenvalue weighted by molar-refractivity contribution is 0.352. The number of methoxy groups -OCH3 is 2. The van der Waals surface area contributed by atoms with Gasteiger partial charge in [0.15, 0.2) is 11.5 Å². The lowest BCUT2D eigenvalue weighted by Crippen LogP contribution is -2.09. The second-order valence-electron chi connectivity index (χ2n) is 3.42. The van der Waals surface area contributed by atoms with E-state index in [-0.39, 0.29) is 6.04 Å². The number of hydrogen-bond acceptors (Lipinski definition) is 3. The molecule has 0 saturated heterocycles. The van der Waals surface area contributed by atoms with Gasteiger partial charge in [0.25, 0.3) is 0 Å². The van der Waals surface area contributed by atoms with Gasteiger partial charge in [-0.1, -0.05) is 15.9 Å². The number of rotatable bonds is 3. The molecule has 1 atom stereocenters. The van der Waals surface area contributed by atoms with Crippen LogP contribution in [-0.2, 0) is 0 Å². The smallest absolute Gasteiger partial charge is 0.164 e. The van der Waals surface area contributed by atoms with Crippen molar-refractivity contribution in [2.75, 3.05) is 14.2 Å². The molecule has 1 aromatic rings. The van der Waals surface area contributed by atoms with Crippen molar-refractivity contribution in [3.63, 3.8) is 0 Å². The minimum Gasteiger partial charge on any atom is -0.493 e. The minimum absolute atomic E-state index is 0.0424. The fourth-order valence-corrected chi connectivity index (χ4v) is 2.58. The molecule has 84 valence electrons. The largest absolute Gasteiger partial charge is 0.493 e. The maximum atomic E-state index is 5.90. The van der Waals surface area contributed by atoms with Crippen molar-refractivity contribution in [1.82, 2.24) is 0 Å². The molecule has 1 unspecified atom stereocenters. The van der Waals surface area contributed by atoms with Crippen molar-refractivity contribution in [2.24, 2.45) is 5.73 Å². The third kappa shape index (κ3) is 2.26. The van der Waals surface area contributed by atoms with Gasteiger partial charge in [0, 0.05) is 16.1 Å². The van der Waals surface area contributed by atoms with Crippen LogP contribution in [0.2, 0.25) is 0 Å². The summed E-state index contributed by atoms with van der Waals surface area (Å²) in [6.07, 6.45) is 0. The normalized spacial score (nSPS) is 12.4. The molecule has 0 aliphatic rings. The van der Waals surface area contributed by atoms with Gasteiger partial charge in [0.1, 0.15) is 0 Å². The second-order valence-corrected chi connectivity index (χ2v) is 4.28. The first-order valence-electron chi connectivity index (χ1n) is 4.69. The number of halogens is 1. The van der Waals surface area contributed by atoms with Crippen LogP contribution in [0.5, 0.6) is 11.5 Å². The van der Waals surface area contributed by atoms with Gasteiger partial charge in [0.2, 0.25) is 0 Å². The van der Waals surface area contributed by atoms with E-state index < -0.39 is 0 Å². The lowest BCUT2D eigenvalue weighted by Gasteiger charge is -2.18. The monoisotopic (exact) mass is 273 g/mol. The molecule has 0 fully saturated rings. The van der Waals surface area contributed by atoms with Crippen molar-refractivity contribution in [3.8, 4) is 11.5 Å². The van der Waals surface area contributed by atoms with Crippen molar-refractivity contribution >= 4 is 15.9 Å². The molecule has 2 N–H and O–H groups in total. The summed E-state index contributed by atoms with van der Waals surface area (Å²) in [6.45, 7) is 3.92. The number of nitrogens with two attached hydrogens (primary N) is 1. The van der Waals surface area contributed by atoms with Crippen LogP contribution in [0.1, 0.15) is 24.1 Å². The van der Waals surface area contributed by atoms with Crippen LogP contribution in [-0.4, -0.2) is 14.2 Å². The quantitative estimate of drug-likeness (QED) is 0.921. The first kappa shape index (κ1) is 12.3. The lowest BCUT2D eigenvalue weighted by atomic mass is 10.0. The Morgan fingerprint density at radius 1 is 1.33 bits per heavy atom. The third-order valence-electron chi connectivity index (χ3n) is 2.36. The molecule has 1 aromatic carbocycles. The van der Waals surface area contributed by atoms with Gasteiger partial charge in [-0.3, -0.25) is 0 Å². The zero-order valence-electron chi connectivity index (χ0n) is 9.43. The molecule has 0 bridgehead atoms. The summed E-state index contributed by atoms with van der Waals surface area (Å²) < 4.78 is 11.5. The highest BCUT2D eigenvalue weighted by atomic mass is 79.9. The molecule has 4 heteroatoms. The van der Waals surface area contributed by atoms with Gasteiger partial charge in [-0.25, -0.2) is 0 Å². The molecule has 0 saturated carbocycles. The van der Waals surface area contributed by atoms with Gasteiger partial charge in [0.05, 0.1) is 14.2 Å². The Morgan fingerprint density at radius 2 is 1.93 bits per heavy atom. The molecular weight excluding hydrogens is 258 g/mol. The van der Waals surface area contributed by atoms with Gasteiger partial charge < -0.3 is 15.2 Å². The minimum atomic E-state index is -0.0424. The first-order chi connectivity index (χ1) is 7.02. The van der Waals surface area contributed by atoms with Crippen LogP contribution in [0, 0.1) is 6.92 Å². The first-order valence-corrected chi connectivity index (χ1v) is 5.48. The van der Waals surface area contributed by atoms with Crippen LogP contribution in [0.15, 0.2) is 10.5 Å². The Balaban J connectivity index is 3.44. The van der Waals surface area contributed by atoms with E-state index in [0.717, 1.165) is 21.3 Å². The van der Waals surface area contributed by atoms with E-state index in [1.54, 1.807) is 14.2 Å². The molecule has 0 aromatic heterocycles. The van der Waals surface area contributed by atoms with E-state index in [0.29, 0.717) is 5.75 Å². The van der Waals surface area contributed by atoms with E-state index in [1.807, 2.05) is 19.9 Å². The zero-order valence-corrected chi connectivity index (χ0v) is 11.0. The molecule has 0 spiro atoms. The molecule has 0 heterocycles. The van der Waals surface area contributed by atoms with Gasteiger partial charge in [-0.2, -0.15) is 0 Å². The number of benzene rings is 1. The summed E-state index contributed by atoms with van der Waals surface area (Å²) in [5, 5.41) is 0. The Morgan fingerprint density at radius 3 is 2.33 bits per heavy atom. The summed E-state index contributed by atoms with van der Waals surface area (Å²) in [7, 11) is 3.25. The fraction of sp³-hybridized carbons (Fsp3) is 0.455. The molecular formula is C11H16BrNO2. The predicted molar refractivity (Wildman–Crippen MR) is 64.6 cm³/mol. The molecule has 0 aliphatic carbocycles. The van der Waals surface area contributed by atoms with Crippen LogP contribution >= 0.6 is 15.9 Å². The Bertz CT molecular complexity index is 364. The summed E-state index contributed by atoms with van der Waals surface area (Å²) in [5.74, 6) is 1.46. The van der Waals surface area contributed by atoms with Crippen LogP contribution in [0.25, 0.3) is 0 Å². The third-order valence-corrected chi connectivity index (χ3v) is 3.02. The van der Waals surface area contributed by atoms with E-state index >= 15 is 0 Å².